The van der Waals surface area contributed by atoms with Crippen molar-refractivity contribution in [1.29, 1.82) is 0 Å². The first-order valence-electron chi connectivity index (χ1n) is 9.94. The molecule has 7 nitrogen and oxygen atoms in total. The van der Waals surface area contributed by atoms with Crippen LogP contribution in [0.2, 0.25) is 0 Å². The molecule has 0 bridgehead atoms. The number of likely N-dealkylation sites (tertiary alicyclic amines) is 1. The van der Waals surface area contributed by atoms with E-state index in [1.807, 2.05) is 32.9 Å². The number of rotatable bonds is 3. The summed E-state index contributed by atoms with van der Waals surface area (Å²) in [5, 5.41) is 6.68. The van der Waals surface area contributed by atoms with E-state index in [0.717, 1.165) is 24.8 Å². The van der Waals surface area contributed by atoms with Crippen LogP contribution in [0.4, 0.5) is 5.69 Å². The molecule has 28 heavy (non-hydrogen) atoms. The molecule has 1 aliphatic heterocycles. The Morgan fingerprint density at radius 3 is 2.79 bits per heavy atom. The van der Waals surface area contributed by atoms with Crippen molar-refractivity contribution in [3.8, 4) is 11.5 Å². The number of anilines is 1. The Bertz CT molecular complexity index is 861. The summed E-state index contributed by atoms with van der Waals surface area (Å²) < 4.78 is 5.27. The van der Waals surface area contributed by atoms with Crippen molar-refractivity contribution in [2.24, 2.45) is 5.92 Å². The minimum absolute atomic E-state index is 0.0708. The molecule has 1 fully saturated rings. The van der Waals surface area contributed by atoms with Crippen LogP contribution in [0, 0.1) is 12.8 Å². The highest BCUT2D eigenvalue weighted by Crippen LogP contribution is 2.25. The van der Waals surface area contributed by atoms with E-state index in [2.05, 4.69) is 22.4 Å². The molecule has 3 rings (SSSR count). The van der Waals surface area contributed by atoms with Crippen molar-refractivity contribution in [3.63, 3.8) is 0 Å². The quantitative estimate of drug-likeness (QED) is 0.817. The van der Waals surface area contributed by atoms with E-state index in [1.54, 1.807) is 11.0 Å². The van der Waals surface area contributed by atoms with Gasteiger partial charge in [-0.3, -0.25) is 9.59 Å². The number of benzene rings is 1. The standard InChI is InChI=1S/C21H28N4O3/c1-5-18-23-20(28-24-18)16-10-9-14(3)17(11-16)22-19(26)21(27)25-12-13(2)7-6-8-15(25)4/h9-11,13,15H,5-8,12H2,1-4H3,(H,22,26)/t13-,15-/m0/s1. The Labute approximate surface area is 165 Å². The number of nitrogens with one attached hydrogen (secondary N) is 1. The third kappa shape index (κ3) is 4.40. The Kier molecular flexibility index (Phi) is 6.11. The number of aromatic nitrogens is 2. The van der Waals surface area contributed by atoms with Crippen molar-refractivity contribution < 1.29 is 14.1 Å². The molecule has 150 valence electrons. The average Bonchev–Trinajstić information content (AvgIpc) is 3.09. The molecule has 0 spiro atoms. The summed E-state index contributed by atoms with van der Waals surface area (Å²) in [4.78, 5) is 31.5. The molecule has 2 amide bonds. The molecule has 2 aromatic rings. The zero-order chi connectivity index (χ0) is 20.3. The molecular formula is C21H28N4O3. The topological polar surface area (TPSA) is 88.3 Å². The molecule has 0 saturated carbocycles. The fourth-order valence-corrected chi connectivity index (χ4v) is 3.52. The number of amides is 2. The zero-order valence-corrected chi connectivity index (χ0v) is 17.0. The van der Waals surface area contributed by atoms with Crippen LogP contribution in [-0.4, -0.2) is 39.4 Å². The van der Waals surface area contributed by atoms with Crippen LogP contribution in [-0.2, 0) is 16.0 Å². The summed E-state index contributed by atoms with van der Waals surface area (Å²) in [5.41, 5.74) is 2.14. The van der Waals surface area contributed by atoms with Crippen LogP contribution in [0.3, 0.4) is 0 Å². The van der Waals surface area contributed by atoms with Gasteiger partial charge in [0.1, 0.15) is 0 Å². The molecule has 0 radical (unpaired) electrons. The maximum absolute atomic E-state index is 12.8. The van der Waals surface area contributed by atoms with Gasteiger partial charge in [0.15, 0.2) is 5.82 Å². The van der Waals surface area contributed by atoms with Gasteiger partial charge in [0, 0.05) is 30.3 Å². The van der Waals surface area contributed by atoms with Crippen LogP contribution in [0.25, 0.3) is 11.5 Å². The van der Waals surface area contributed by atoms with Gasteiger partial charge in [-0.1, -0.05) is 31.5 Å². The number of carbonyl (C=O) groups excluding carboxylic acids is 2. The van der Waals surface area contributed by atoms with E-state index in [0.29, 0.717) is 41.8 Å². The second kappa shape index (κ2) is 8.54. The van der Waals surface area contributed by atoms with Crippen molar-refractivity contribution in [2.45, 2.75) is 59.4 Å². The normalized spacial score (nSPS) is 19.9. The van der Waals surface area contributed by atoms with E-state index < -0.39 is 11.8 Å². The summed E-state index contributed by atoms with van der Waals surface area (Å²) in [6.45, 7) is 8.58. The summed E-state index contributed by atoms with van der Waals surface area (Å²) in [6.07, 6.45) is 3.77. The lowest BCUT2D eigenvalue weighted by atomic mass is 10.1. The van der Waals surface area contributed by atoms with Gasteiger partial charge in [-0.05, 0) is 50.3 Å². The Morgan fingerprint density at radius 1 is 1.29 bits per heavy atom. The van der Waals surface area contributed by atoms with E-state index in [-0.39, 0.29) is 6.04 Å². The van der Waals surface area contributed by atoms with Crippen molar-refractivity contribution >= 4 is 17.5 Å². The molecule has 2 atom stereocenters. The van der Waals surface area contributed by atoms with Crippen molar-refractivity contribution in [2.75, 3.05) is 11.9 Å². The highest BCUT2D eigenvalue weighted by Gasteiger charge is 2.29. The van der Waals surface area contributed by atoms with Gasteiger partial charge in [-0.2, -0.15) is 4.98 Å². The third-order valence-electron chi connectivity index (χ3n) is 5.33. The van der Waals surface area contributed by atoms with Crippen LogP contribution < -0.4 is 5.32 Å². The first-order valence-corrected chi connectivity index (χ1v) is 9.94. The van der Waals surface area contributed by atoms with Gasteiger partial charge < -0.3 is 14.7 Å². The lowest BCUT2D eigenvalue weighted by Crippen LogP contribution is -2.45. The fraction of sp³-hybridized carbons (Fsp3) is 0.524. The largest absolute Gasteiger partial charge is 0.334 e. The van der Waals surface area contributed by atoms with Crippen molar-refractivity contribution in [1.82, 2.24) is 15.0 Å². The first-order chi connectivity index (χ1) is 13.4. The van der Waals surface area contributed by atoms with Crippen LogP contribution in [0.15, 0.2) is 22.7 Å². The predicted octanol–water partition coefficient (Wildman–Crippen LogP) is 3.58. The van der Waals surface area contributed by atoms with Crippen LogP contribution >= 0.6 is 0 Å². The minimum Gasteiger partial charge on any atom is -0.334 e. The molecule has 2 heterocycles. The number of aryl methyl sites for hydroxylation is 2. The first kappa shape index (κ1) is 20.0. The van der Waals surface area contributed by atoms with E-state index in [1.165, 1.54) is 0 Å². The molecule has 1 aromatic carbocycles. The second-order valence-corrected chi connectivity index (χ2v) is 7.70. The summed E-state index contributed by atoms with van der Waals surface area (Å²) in [6, 6.07) is 5.56. The second-order valence-electron chi connectivity index (χ2n) is 7.70. The third-order valence-corrected chi connectivity index (χ3v) is 5.33. The minimum atomic E-state index is -0.610. The Hall–Kier alpha value is -2.70. The van der Waals surface area contributed by atoms with Crippen LogP contribution in [0.1, 0.15) is 51.4 Å². The monoisotopic (exact) mass is 384 g/mol. The molecule has 1 aliphatic rings. The molecule has 1 aromatic heterocycles. The fourth-order valence-electron chi connectivity index (χ4n) is 3.52. The summed E-state index contributed by atoms with van der Waals surface area (Å²) in [5.74, 6) is 0.337. The maximum Gasteiger partial charge on any atom is 0.313 e. The highest BCUT2D eigenvalue weighted by atomic mass is 16.5. The molecule has 7 heteroatoms. The zero-order valence-electron chi connectivity index (χ0n) is 17.0. The van der Waals surface area contributed by atoms with E-state index in [9.17, 15) is 9.59 Å². The Morgan fingerprint density at radius 2 is 2.07 bits per heavy atom. The molecule has 1 saturated heterocycles. The maximum atomic E-state index is 12.8. The van der Waals surface area contributed by atoms with Crippen LogP contribution in [0.5, 0.6) is 0 Å². The molecular weight excluding hydrogens is 356 g/mol. The van der Waals surface area contributed by atoms with Crippen molar-refractivity contribution in [3.05, 3.63) is 29.6 Å². The van der Waals surface area contributed by atoms with E-state index >= 15 is 0 Å². The number of carbonyl (C=O) groups is 2. The molecule has 0 unspecified atom stereocenters. The molecule has 1 N–H and O–H groups in total. The lowest BCUT2D eigenvalue weighted by molar-refractivity contribution is -0.144. The highest BCUT2D eigenvalue weighted by molar-refractivity contribution is 6.39. The van der Waals surface area contributed by atoms with E-state index in [4.69, 9.17) is 4.52 Å². The molecule has 0 aliphatic carbocycles. The summed E-state index contributed by atoms with van der Waals surface area (Å²) in [7, 11) is 0. The SMILES string of the molecule is CCc1noc(-c2ccc(C)c(NC(=O)C(=O)N3C[C@@H](C)CCC[C@@H]3C)c2)n1. The van der Waals surface area contributed by atoms with Gasteiger partial charge in [0.05, 0.1) is 0 Å². The summed E-state index contributed by atoms with van der Waals surface area (Å²) >= 11 is 0. The predicted molar refractivity (Wildman–Crippen MR) is 107 cm³/mol. The van der Waals surface area contributed by atoms with Gasteiger partial charge in [-0.25, -0.2) is 0 Å². The number of nitrogens with zero attached hydrogens (tertiary/aromatic N) is 3. The number of hydrogen-bond donors (Lipinski definition) is 1. The lowest BCUT2D eigenvalue weighted by Gasteiger charge is -2.28. The Balaban J connectivity index is 1.77. The van der Waals surface area contributed by atoms with Gasteiger partial charge in [0.2, 0.25) is 0 Å². The van der Waals surface area contributed by atoms with Gasteiger partial charge >= 0.3 is 11.8 Å². The number of hydrogen-bond acceptors (Lipinski definition) is 5. The average molecular weight is 384 g/mol. The van der Waals surface area contributed by atoms with Gasteiger partial charge in [-0.15, -0.1) is 0 Å². The van der Waals surface area contributed by atoms with Gasteiger partial charge in [0.25, 0.3) is 5.89 Å². The smallest absolute Gasteiger partial charge is 0.313 e.